The molecule has 1 aliphatic carbocycles. The molecule has 3 nitrogen and oxygen atoms in total. The summed E-state index contributed by atoms with van der Waals surface area (Å²) in [7, 11) is -3.75. The van der Waals surface area contributed by atoms with E-state index in [-0.39, 0.29) is 16.6 Å². The average molecular weight is 340 g/mol. The summed E-state index contributed by atoms with van der Waals surface area (Å²) in [5, 5.41) is -1.07. The standard InChI is InChI=1S/C20H20O3S/c21-19(16-10-4-1-5-11-16)20(17-12-6-2-7-13-17)24(22,23)18-14-8-3-9-15-18/h1,3-6,8-12,14-15,17,20H,2,7,13H2. The van der Waals surface area contributed by atoms with Crippen LogP contribution in [0.3, 0.4) is 0 Å². The van der Waals surface area contributed by atoms with Gasteiger partial charge >= 0.3 is 0 Å². The van der Waals surface area contributed by atoms with Gasteiger partial charge in [-0.3, -0.25) is 4.79 Å². The fraction of sp³-hybridized carbons (Fsp3) is 0.250. The highest BCUT2D eigenvalue weighted by Crippen LogP contribution is 2.31. The quantitative estimate of drug-likeness (QED) is 0.609. The Morgan fingerprint density at radius 1 is 0.958 bits per heavy atom. The van der Waals surface area contributed by atoms with Gasteiger partial charge in [0.2, 0.25) is 0 Å². The molecular formula is C20H20O3S. The largest absolute Gasteiger partial charge is 0.293 e. The monoisotopic (exact) mass is 340 g/mol. The lowest BCUT2D eigenvalue weighted by atomic mass is 9.89. The van der Waals surface area contributed by atoms with E-state index in [1.807, 2.05) is 18.2 Å². The minimum Gasteiger partial charge on any atom is -0.293 e. The second kappa shape index (κ2) is 7.14. The fourth-order valence-electron chi connectivity index (χ4n) is 3.18. The molecule has 0 saturated carbocycles. The predicted molar refractivity (Wildman–Crippen MR) is 94.7 cm³/mol. The van der Waals surface area contributed by atoms with Crippen molar-refractivity contribution in [3.63, 3.8) is 0 Å². The lowest BCUT2D eigenvalue weighted by molar-refractivity contribution is 0.0971. The average Bonchev–Trinajstić information content (AvgIpc) is 2.64. The first-order valence-corrected chi connectivity index (χ1v) is 9.70. The van der Waals surface area contributed by atoms with Crippen LogP contribution >= 0.6 is 0 Å². The summed E-state index contributed by atoms with van der Waals surface area (Å²) < 4.78 is 26.4. The molecule has 124 valence electrons. The number of carbonyl (C=O) groups excluding carboxylic acids is 1. The van der Waals surface area contributed by atoms with Crippen molar-refractivity contribution < 1.29 is 13.2 Å². The molecule has 0 heterocycles. The molecule has 2 aromatic carbocycles. The molecule has 0 fully saturated rings. The molecule has 0 aromatic heterocycles. The van der Waals surface area contributed by atoms with Gasteiger partial charge in [0, 0.05) is 11.5 Å². The third-order valence-electron chi connectivity index (χ3n) is 4.40. The van der Waals surface area contributed by atoms with Gasteiger partial charge in [-0.25, -0.2) is 8.42 Å². The fourth-order valence-corrected chi connectivity index (χ4v) is 5.11. The van der Waals surface area contributed by atoms with Gasteiger partial charge in [-0.15, -0.1) is 0 Å². The van der Waals surface area contributed by atoms with E-state index in [1.54, 1.807) is 54.6 Å². The van der Waals surface area contributed by atoms with Gasteiger partial charge in [-0.2, -0.15) is 0 Å². The van der Waals surface area contributed by atoms with Crippen molar-refractivity contribution in [2.24, 2.45) is 5.92 Å². The molecule has 0 N–H and O–H groups in total. The van der Waals surface area contributed by atoms with Crippen molar-refractivity contribution >= 4 is 15.6 Å². The Balaban J connectivity index is 2.07. The Bertz CT molecular complexity index is 824. The zero-order chi connectivity index (χ0) is 17.0. The van der Waals surface area contributed by atoms with Crippen LogP contribution in [0, 0.1) is 5.92 Å². The zero-order valence-corrected chi connectivity index (χ0v) is 14.2. The van der Waals surface area contributed by atoms with Crippen molar-refractivity contribution in [3.05, 3.63) is 78.4 Å². The summed E-state index contributed by atoms with van der Waals surface area (Å²) in [6.45, 7) is 0. The first-order chi connectivity index (χ1) is 11.6. The molecule has 24 heavy (non-hydrogen) atoms. The summed E-state index contributed by atoms with van der Waals surface area (Å²) in [5.74, 6) is -0.604. The van der Waals surface area contributed by atoms with Crippen LogP contribution in [0.1, 0.15) is 29.6 Å². The Morgan fingerprint density at radius 2 is 1.58 bits per heavy atom. The second-order valence-corrected chi connectivity index (χ2v) is 8.10. The molecule has 0 bridgehead atoms. The highest BCUT2D eigenvalue weighted by molar-refractivity contribution is 7.92. The van der Waals surface area contributed by atoms with Gasteiger partial charge in [0.25, 0.3) is 0 Å². The molecule has 2 atom stereocenters. The molecule has 2 unspecified atom stereocenters. The van der Waals surface area contributed by atoms with Gasteiger partial charge in [0.15, 0.2) is 15.6 Å². The minimum atomic E-state index is -3.75. The number of hydrogen-bond acceptors (Lipinski definition) is 3. The van der Waals surface area contributed by atoms with Crippen molar-refractivity contribution in [2.75, 3.05) is 0 Å². The Labute approximate surface area is 142 Å². The van der Waals surface area contributed by atoms with Crippen LogP contribution in [0.2, 0.25) is 0 Å². The summed E-state index contributed by atoms with van der Waals surface area (Å²) >= 11 is 0. The van der Waals surface area contributed by atoms with Crippen LogP contribution in [0.4, 0.5) is 0 Å². The number of carbonyl (C=O) groups is 1. The number of sulfone groups is 1. The lowest BCUT2D eigenvalue weighted by Gasteiger charge is -2.26. The van der Waals surface area contributed by atoms with E-state index in [9.17, 15) is 13.2 Å². The predicted octanol–water partition coefficient (Wildman–Crippen LogP) is 4.07. The van der Waals surface area contributed by atoms with Crippen molar-refractivity contribution in [2.45, 2.75) is 29.4 Å². The number of benzene rings is 2. The zero-order valence-electron chi connectivity index (χ0n) is 13.3. The van der Waals surface area contributed by atoms with Crippen molar-refractivity contribution in [3.8, 4) is 0 Å². The molecule has 2 aromatic rings. The number of ketones is 1. The molecule has 0 spiro atoms. The van der Waals surface area contributed by atoms with E-state index in [2.05, 4.69) is 0 Å². The van der Waals surface area contributed by atoms with Crippen molar-refractivity contribution in [1.29, 1.82) is 0 Å². The van der Waals surface area contributed by atoms with Crippen LogP contribution in [-0.4, -0.2) is 19.5 Å². The third kappa shape index (κ3) is 3.34. The maximum absolute atomic E-state index is 13.2. The number of rotatable bonds is 5. The third-order valence-corrected chi connectivity index (χ3v) is 6.56. The van der Waals surface area contributed by atoms with Gasteiger partial charge in [-0.05, 0) is 31.4 Å². The molecule has 0 aliphatic heterocycles. The topological polar surface area (TPSA) is 51.2 Å². The molecule has 0 amide bonds. The van der Waals surface area contributed by atoms with Gasteiger partial charge < -0.3 is 0 Å². The number of Topliss-reactive ketones (excluding diaryl/α,β-unsaturated/α-hetero) is 1. The van der Waals surface area contributed by atoms with E-state index in [4.69, 9.17) is 0 Å². The van der Waals surface area contributed by atoms with E-state index in [1.165, 1.54) is 0 Å². The molecule has 4 heteroatoms. The minimum absolute atomic E-state index is 0.207. The van der Waals surface area contributed by atoms with Crippen LogP contribution in [-0.2, 0) is 9.84 Å². The Morgan fingerprint density at radius 3 is 2.17 bits per heavy atom. The number of allylic oxidation sites excluding steroid dienone is 2. The van der Waals surface area contributed by atoms with Crippen molar-refractivity contribution in [1.82, 2.24) is 0 Å². The smallest absolute Gasteiger partial charge is 0.189 e. The van der Waals surface area contributed by atoms with Gasteiger partial charge in [-0.1, -0.05) is 60.7 Å². The lowest BCUT2D eigenvalue weighted by Crippen LogP contribution is -2.37. The highest BCUT2D eigenvalue weighted by atomic mass is 32.2. The normalized spacial score (nSPS) is 18.9. The Hall–Kier alpha value is -2.20. The highest BCUT2D eigenvalue weighted by Gasteiger charge is 2.39. The second-order valence-electron chi connectivity index (χ2n) is 6.03. The molecule has 0 saturated heterocycles. The molecule has 3 rings (SSSR count). The summed E-state index contributed by atoms with van der Waals surface area (Å²) in [5.41, 5.74) is 0.445. The van der Waals surface area contributed by atoms with Crippen LogP contribution in [0.15, 0.2) is 77.7 Å². The Kier molecular flexibility index (Phi) is 4.95. The first kappa shape index (κ1) is 16.7. The van der Waals surface area contributed by atoms with Gasteiger partial charge in [0.05, 0.1) is 4.90 Å². The molecule has 1 aliphatic rings. The SMILES string of the molecule is O=C(c1ccccc1)C(C1C=CCCC1)S(=O)(=O)c1ccccc1. The van der Waals surface area contributed by atoms with Gasteiger partial charge in [0.1, 0.15) is 5.25 Å². The summed E-state index contributed by atoms with van der Waals surface area (Å²) in [6.07, 6.45) is 6.44. The van der Waals surface area contributed by atoms with E-state index < -0.39 is 15.1 Å². The van der Waals surface area contributed by atoms with Crippen LogP contribution in [0.5, 0.6) is 0 Å². The molecular weight excluding hydrogens is 320 g/mol. The summed E-state index contributed by atoms with van der Waals surface area (Å²) in [6, 6.07) is 17.0. The van der Waals surface area contributed by atoms with E-state index in [0.717, 1.165) is 12.8 Å². The van der Waals surface area contributed by atoms with E-state index >= 15 is 0 Å². The maximum Gasteiger partial charge on any atom is 0.189 e. The number of hydrogen-bond donors (Lipinski definition) is 0. The molecule has 0 radical (unpaired) electrons. The van der Waals surface area contributed by atoms with Crippen LogP contribution < -0.4 is 0 Å². The summed E-state index contributed by atoms with van der Waals surface area (Å²) in [4.78, 5) is 13.3. The van der Waals surface area contributed by atoms with Crippen LogP contribution in [0.25, 0.3) is 0 Å². The van der Waals surface area contributed by atoms with E-state index in [0.29, 0.717) is 12.0 Å². The first-order valence-electron chi connectivity index (χ1n) is 8.15. The maximum atomic E-state index is 13.2.